The van der Waals surface area contributed by atoms with Crippen LogP contribution in [0.25, 0.3) is 22.8 Å². The Morgan fingerprint density at radius 1 is 1.06 bits per heavy atom. The van der Waals surface area contributed by atoms with Crippen LogP contribution in [0.4, 0.5) is 13.2 Å². The molecule has 0 spiro atoms. The lowest BCUT2D eigenvalue weighted by atomic mass is 10.1. The summed E-state index contributed by atoms with van der Waals surface area (Å²) in [5.74, 6) is 0.654. The fourth-order valence-electron chi connectivity index (χ4n) is 3.36. The van der Waals surface area contributed by atoms with Crippen molar-refractivity contribution in [2.75, 3.05) is 19.8 Å². The molecule has 1 aliphatic heterocycles. The molecular weight excluding hydrogens is 439 g/mol. The van der Waals surface area contributed by atoms with E-state index >= 15 is 0 Å². The SMILES string of the molecule is O=C(COc1ccc(-c2noc(-c3ccc(C(F)(F)F)cc3)n2)cc1)NCC1CCCCO1. The Balaban J connectivity index is 1.30. The third-order valence-electron chi connectivity index (χ3n) is 5.17. The highest BCUT2D eigenvalue weighted by Crippen LogP contribution is 2.31. The Hall–Kier alpha value is -3.40. The molecule has 2 heterocycles. The molecule has 1 fully saturated rings. The lowest BCUT2D eigenvalue weighted by Crippen LogP contribution is -2.37. The molecule has 1 aromatic heterocycles. The number of benzene rings is 2. The number of rotatable bonds is 7. The van der Waals surface area contributed by atoms with Gasteiger partial charge < -0.3 is 19.3 Å². The first-order chi connectivity index (χ1) is 15.9. The molecule has 0 radical (unpaired) electrons. The minimum Gasteiger partial charge on any atom is -0.484 e. The van der Waals surface area contributed by atoms with E-state index in [2.05, 4.69) is 15.5 Å². The molecule has 0 aliphatic carbocycles. The number of carbonyl (C=O) groups is 1. The van der Waals surface area contributed by atoms with Crippen molar-refractivity contribution >= 4 is 5.91 Å². The molecule has 4 rings (SSSR count). The highest BCUT2D eigenvalue weighted by molar-refractivity contribution is 5.77. The van der Waals surface area contributed by atoms with Gasteiger partial charge in [0, 0.05) is 24.3 Å². The van der Waals surface area contributed by atoms with Crippen LogP contribution in [0.1, 0.15) is 24.8 Å². The molecule has 2 aromatic carbocycles. The summed E-state index contributed by atoms with van der Waals surface area (Å²) in [5, 5.41) is 6.69. The van der Waals surface area contributed by atoms with E-state index < -0.39 is 11.7 Å². The van der Waals surface area contributed by atoms with Crippen molar-refractivity contribution in [2.45, 2.75) is 31.5 Å². The predicted molar refractivity (Wildman–Crippen MR) is 112 cm³/mol. The summed E-state index contributed by atoms with van der Waals surface area (Å²) in [6, 6.07) is 11.2. The van der Waals surface area contributed by atoms with Gasteiger partial charge in [0.2, 0.25) is 5.82 Å². The van der Waals surface area contributed by atoms with Crippen molar-refractivity contribution in [3.63, 3.8) is 0 Å². The second kappa shape index (κ2) is 10.0. The lowest BCUT2D eigenvalue weighted by Gasteiger charge is -2.22. The summed E-state index contributed by atoms with van der Waals surface area (Å²) in [6.07, 6.45) is -1.24. The van der Waals surface area contributed by atoms with Gasteiger partial charge in [0.25, 0.3) is 11.8 Å². The van der Waals surface area contributed by atoms with Crippen LogP contribution in [0.3, 0.4) is 0 Å². The highest BCUT2D eigenvalue weighted by Gasteiger charge is 2.30. The number of hydrogen-bond acceptors (Lipinski definition) is 6. The molecular formula is C23H22F3N3O4. The van der Waals surface area contributed by atoms with Gasteiger partial charge in [0.05, 0.1) is 11.7 Å². The van der Waals surface area contributed by atoms with Gasteiger partial charge in [0.15, 0.2) is 6.61 Å². The molecule has 1 N–H and O–H groups in total. The first kappa shape index (κ1) is 22.8. The Kier molecular flexibility index (Phi) is 6.93. The minimum absolute atomic E-state index is 0.0596. The number of carbonyl (C=O) groups excluding carboxylic acids is 1. The molecule has 0 bridgehead atoms. The Labute approximate surface area is 187 Å². The standard InChI is InChI=1S/C23H22F3N3O4/c24-23(25,26)17-8-4-16(5-9-17)22-28-21(29-33-22)15-6-10-18(11-7-15)32-14-20(30)27-13-19-3-1-2-12-31-19/h4-11,19H,1-3,12-14H2,(H,27,30). The zero-order chi connectivity index (χ0) is 23.3. The van der Waals surface area contributed by atoms with Gasteiger partial charge in [-0.05, 0) is 67.8 Å². The van der Waals surface area contributed by atoms with E-state index in [0.29, 0.717) is 23.4 Å². The summed E-state index contributed by atoms with van der Waals surface area (Å²) in [4.78, 5) is 16.2. The molecule has 3 aromatic rings. The number of halogens is 3. The smallest absolute Gasteiger partial charge is 0.416 e. The average Bonchev–Trinajstić information content (AvgIpc) is 3.32. The molecule has 0 saturated carbocycles. The maximum atomic E-state index is 12.7. The quantitative estimate of drug-likeness (QED) is 0.558. The number of aromatic nitrogens is 2. The van der Waals surface area contributed by atoms with Crippen molar-refractivity contribution in [3.8, 4) is 28.6 Å². The van der Waals surface area contributed by atoms with Crippen molar-refractivity contribution in [1.29, 1.82) is 0 Å². The Bertz CT molecular complexity index is 1060. The van der Waals surface area contributed by atoms with Gasteiger partial charge in [-0.1, -0.05) is 5.16 Å². The third kappa shape index (κ3) is 6.10. The topological polar surface area (TPSA) is 86.5 Å². The van der Waals surface area contributed by atoms with E-state index in [1.54, 1.807) is 24.3 Å². The van der Waals surface area contributed by atoms with Crippen molar-refractivity contribution in [3.05, 3.63) is 54.1 Å². The molecule has 1 unspecified atom stereocenters. The summed E-state index contributed by atoms with van der Waals surface area (Å²) in [7, 11) is 0. The number of ether oxygens (including phenoxy) is 2. The zero-order valence-corrected chi connectivity index (χ0v) is 17.6. The van der Waals surface area contributed by atoms with Crippen LogP contribution in [-0.4, -0.2) is 41.9 Å². The maximum absolute atomic E-state index is 12.7. The van der Waals surface area contributed by atoms with Crippen molar-refractivity contribution in [1.82, 2.24) is 15.5 Å². The zero-order valence-electron chi connectivity index (χ0n) is 17.6. The number of hydrogen-bond donors (Lipinski definition) is 1. The monoisotopic (exact) mass is 461 g/mol. The summed E-state index contributed by atoms with van der Waals surface area (Å²) >= 11 is 0. The van der Waals surface area contributed by atoms with E-state index in [9.17, 15) is 18.0 Å². The number of nitrogens with one attached hydrogen (secondary N) is 1. The molecule has 1 saturated heterocycles. The van der Waals surface area contributed by atoms with Gasteiger partial charge in [-0.15, -0.1) is 0 Å². The van der Waals surface area contributed by atoms with Gasteiger partial charge in [-0.2, -0.15) is 18.2 Å². The van der Waals surface area contributed by atoms with E-state index in [4.69, 9.17) is 14.0 Å². The van der Waals surface area contributed by atoms with Crippen LogP contribution >= 0.6 is 0 Å². The normalized spacial score (nSPS) is 16.4. The van der Waals surface area contributed by atoms with E-state index in [1.165, 1.54) is 12.1 Å². The molecule has 1 atom stereocenters. The third-order valence-corrected chi connectivity index (χ3v) is 5.17. The molecule has 1 aliphatic rings. The Morgan fingerprint density at radius 2 is 1.79 bits per heavy atom. The number of alkyl halides is 3. The van der Waals surface area contributed by atoms with Crippen LogP contribution in [0.2, 0.25) is 0 Å². The summed E-state index contributed by atoms with van der Waals surface area (Å²) in [5.41, 5.74) is 0.257. The Morgan fingerprint density at radius 3 is 2.45 bits per heavy atom. The van der Waals surface area contributed by atoms with Gasteiger partial charge in [0.1, 0.15) is 5.75 Å². The first-order valence-electron chi connectivity index (χ1n) is 10.5. The fraction of sp³-hybridized carbons (Fsp3) is 0.348. The second-order valence-electron chi connectivity index (χ2n) is 7.60. The largest absolute Gasteiger partial charge is 0.484 e. The van der Waals surface area contributed by atoms with Crippen LogP contribution in [0.5, 0.6) is 5.75 Å². The highest BCUT2D eigenvalue weighted by atomic mass is 19.4. The van der Waals surface area contributed by atoms with E-state index in [0.717, 1.165) is 38.0 Å². The van der Waals surface area contributed by atoms with Crippen LogP contribution < -0.4 is 10.1 Å². The predicted octanol–water partition coefficient (Wildman–Crippen LogP) is 4.49. The molecule has 10 heteroatoms. The first-order valence-corrected chi connectivity index (χ1v) is 10.5. The fourth-order valence-corrected chi connectivity index (χ4v) is 3.36. The molecule has 33 heavy (non-hydrogen) atoms. The van der Waals surface area contributed by atoms with Crippen LogP contribution in [0.15, 0.2) is 53.1 Å². The van der Waals surface area contributed by atoms with Gasteiger partial charge in [-0.3, -0.25) is 4.79 Å². The van der Waals surface area contributed by atoms with Crippen molar-refractivity contribution in [2.24, 2.45) is 0 Å². The number of amides is 1. The van der Waals surface area contributed by atoms with Crippen molar-refractivity contribution < 1.29 is 32.0 Å². The van der Waals surface area contributed by atoms with Gasteiger partial charge in [-0.25, -0.2) is 0 Å². The van der Waals surface area contributed by atoms with E-state index in [-0.39, 0.29) is 30.3 Å². The molecule has 7 nitrogen and oxygen atoms in total. The molecule has 174 valence electrons. The average molecular weight is 461 g/mol. The maximum Gasteiger partial charge on any atom is 0.416 e. The lowest BCUT2D eigenvalue weighted by molar-refractivity contribution is -0.137. The van der Waals surface area contributed by atoms with Crippen LogP contribution in [-0.2, 0) is 15.7 Å². The minimum atomic E-state index is -4.41. The second-order valence-corrected chi connectivity index (χ2v) is 7.60. The summed E-state index contributed by atoms with van der Waals surface area (Å²) in [6.45, 7) is 1.09. The number of nitrogens with zero attached hydrogens (tertiary/aromatic N) is 2. The summed E-state index contributed by atoms with van der Waals surface area (Å²) < 4.78 is 54.4. The van der Waals surface area contributed by atoms with Crippen LogP contribution in [0, 0.1) is 0 Å². The molecule has 1 amide bonds. The van der Waals surface area contributed by atoms with Gasteiger partial charge >= 0.3 is 6.18 Å². The van der Waals surface area contributed by atoms with E-state index in [1.807, 2.05) is 0 Å².